The average molecular weight is 182 g/mol. The molecule has 0 radical (unpaired) electrons. The monoisotopic (exact) mass is 182 g/mol. The van der Waals surface area contributed by atoms with Gasteiger partial charge in [0.15, 0.2) is 0 Å². The molecule has 13 heavy (non-hydrogen) atoms. The highest BCUT2D eigenvalue weighted by atomic mass is 14.0. The molecule has 0 spiro atoms. The van der Waals surface area contributed by atoms with Gasteiger partial charge in [0, 0.05) is 0 Å². The lowest BCUT2D eigenvalue weighted by molar-refractivity contribution is 0.662. The number of hydrogen-bond acceptors (Lipinski definition) is 0. The molecular formula is C13H26. The molecule has 0 aromatic carbocycles. The van der Waals surface area contributed by atoms with Crippen LogP contribution in [0.1, 0.15) is 72.1 Å². The second-order valence-corrected chi connectivity index (χ2v) is 4.00. The minimum Gasteiger partial charge on any atom is -0.0856 e. The predicted molar refractivity (Wildman–Crippen MR) is 62.0 cm³/mol. The summed E-state index contributed by atoms with van der Waals surface area (Å²) in [5, 5.41) is 0. The van der Waals surface area contributed by atoms with E-state index in [-0.39, 0.29) is 0 Å². The van der Waals surface area contributed by atoms with Crippen molar-refractivity contribution in [2.24, 2.45) is 0 Å². The van der Waals surface area contributed by atoms with Crippen LogP contribution in [0.2, 0.25) is 0 Å². The van der Waals surface area contributed by atoms with Gasteiger partial charge in [-0.1, -0.05) is 57.6 Å². The first-order valence-electron chi connectivity index (χ1n) is 5.96. The van der Waals surface area contributed by atoms with Crippen molar-refractivity contribution in [2.45, 2.75) is 72.1 Å². The number of rotatable bonds is 8. The van der Waals surface area contributed by atoms with Gasteiger partial charge in [-0.05, 0) is 26.2 Å². The molecule has 0 nitrogen and oxygen atoms in total. The number of unbranched alkanes of at least 4 members (excludes halogenated alkanes) is 5. The van der Waals surface area contributed by atoms with Crippen LogP contribution in [0.25, 0.3) is 0 Å². The normalized spacial score (nSPS) is 12.1. The highest BCUT2D eigenvalue weighted by Crippen LogP contribution is 2.10. The second kappa shape index (κ2) is 9.83. The molecular weight excluding hydrogens is 156 g/mol. The number of hydrogen-bond donors (Lipinski definition) is 0. The fourth-order valence-corrected chi connectivity index (χ4v) is 1.49. The molecule has 0 unspecified atom stereocenters. The van der Waals surface area contributed by atoms with E-state index in [4.69, 9.17) is 0 Å². The molecule has 78 valence electrons. The Morgan fingerprint density at radius 2 is 1.62 bits per heavy atom. The zero-order valence-corrected chi connectivity index (χ0v) is 9.73. The molecule has 0 bridgehead atoms. The summed E-state index contributed by atoms with van der Waals surface area (Å²) in [4.78, 5) is 0. The van der Waals surface area contributed by atoms with Crippen molar-refractivity contribution in [3.63, 3.8) is 0 Å². The van der Waals surface area contributed by atoms with Crippen molar-refractivity contribution in [2.75, 3.05) is 0 Å². The van der Waals surface area contributed by atoms with Crippen LogP contribution in [0.5, 0.6) is 0 Å². The summed E-state index contributed by atoms with van der Waals surface area (Å²) in [5.74, 6) is 0. The molecule has 0 N–H and O–H groups in total. The SMILES string of the molecule is CCCCC=C(C)CCCCCC. The Bertz CT molecular complexity index is 122. The van der Waals surface area contributed by atoms with Crippen molar-refractivity contribution in [3.05, 3.63) is 11.6 Å². The fraction of sp³-hybridized carbons (Fsp3) is 0.846. The Labute approximate surface area is 84.4 Å². The van der Waals surface area contributed by atoms with E-state index in [2.05, 4.69) is 26.8 Å². The Kier molecular flexibility index (Phi) is 9.63. The average Bonchev–Trinajstić information content (AvgIpc) is 2.13. The molecule has 0 aromatic heterocycles. The predicted octanol–water partition coefficient (Wildman–Crippen LogP) is 5.09. The molecule has 0 rings (SSSR count). The summed E-state index contributed by atoms with van der Waals surface area (Å²) in [6.07, 6.45) is 13.3. The molecule has 0 aliphatic rings. The Hall–Kier alpha value is -0.260. The maximum absolute atomic E-state index is 2.43. The van der Waals surface area contributed by atoms with Crippen LogP contribution in [0.15, 0.2) is 11.6 Å². The summed E-state index contributed by atoms with van der Waals surface area (Å²) >= 11 is 0. The summed E-state index contributed by atoms with van der Waals surface area (Å²) in [7, 11) is 0. The molecule has 0 fully saturated rings. The molecule has 0 heteroatoms. The van der Waals surface area contributed by atoms with Gasteiger partial charge in [-0.2, -0.15) is 0 Å². The minimum absolute atomic E-state index is 1.29. The third-order valence-electron chi connectivity index (χ3n) is 2.48. The number of allylic oxidation sites excluding steroid dienone is 2. The van der Waals surface area contributed by atoms with Crippen molar-refractivity contribution in [1.82, 2.24) is 0 Å². The summed E-state index contributed by atoms with van der Waals surface area (Å²) in [5.41, 5.74) is 1.60. The molecule has 0 heterocycles. The molecule has 0 amide bonds. The summed E-state index contributed by atoms with van der Waals surface area (Å²) in [6.45, 7) is 6.80. The van der Waals surface area contributed by atoms with E-state index in [9.17, 15) is 0 Å². The zero-order chi connectivity index (χ0) is 9.94. The zero-order valence-electron chi connectivity index (χ0n) is 9.73. The highest BCUT2D eigenvalue weighted by molar-refractivity contribution is 4.97. The van der Waals surface area contributed by atoms with Gasteiger partial charge in [-0.3, -0.25) is 0 Å². The van der Waals surface area contributed by atoms with Gasteiger partial charge in [-0.25, -0.2) is 0 Å². The Morgan fingerprint density at radius 3 is 2.23 bits per heavy atom. The van der Waals surface area contributed by atoms with Gasteiger partial charge in [-0.15, -0.1) is 0 Å². The Balaban J connectivity index is 3.27. The first-order chi connectivity index (χ1) is 6.31. The summed E-state index contributed by atoms with van der Waals surface area (Å²) < 4.78 is 0. The molecule has 0 aromatic rings. The fourth-order valence-electron chi connectivity index (χ4n) is 1.49. The van der Waals surface area contributed by atoms with Gasteiger partial charge >= 0.3 is 0 Å². The van der Waals surface area contributed by atoms with Gasteiger partial charge < -0.3 is 0 Å². The van der Waals surface area contributed by atoms with Crippen molar-refractivity contribution < 1.29 is 0 Å². The van der Waals surface area contributed by atoms with Gasteiger partial charge in [0.25, 0.3) is 0 Å². The maximum atomic E-state index is 2.43. The van der Waals surface area contributed by atoms with E-state index in [1.165, 1.54) is 51.4 Å². The van der Waals surface area contributed by atoms with Crippen LogP contribution in [-0.4, -0.2) is 0 Å². The molecule has 0 atom stereocenters. The molecule has 0 saturated heterocycles. The van der Waals surface area contributed by atoms with Gasteiger partial charge in [0.1, 0.15) is 0 Å². The van der Waals surface area contributed by atoms with Crippen LogP contribution >= 0.6 is 0 Å². The van der Waals surface area contributed by atoms with E-state index in [0.717, 1.165) is 0 Å². The van der Waals surface area contributed by atoms with Crippen LogP contribution in [0, 0.1) is 0 Å². The first-order valence-corrected chi connectivity index (χ1v) is 5.96. The van der Waals surface area contributed by atoms with Crippen LogP contribution < -0.4 is 0 Å². The van der Waals surface area contributed by atoms with E-state index in [1.807, 2.05) is 0 Å². The standard InChI is InChI=1S/C13H26/c1-4-6-8-10-12-13(3)11-9-7-5-2/h11H,4-10,12H2,1-3H3. The topological polar surface area (TPSA) is 0 Å². The summed E-state index contributed by atoms with van der Waals surface area (Å²) in [6, 6.07) is 0. The van der Waals surface area contributed by atoms with Crippen molar-refractivity contribution in [1.29, 1.82) is 0 Å². The van der Waals surface area contributed by atoms with Crippen molar-refractivity contribution in [3.8, 4) is 0 Å². The third kappa shape index (κ3) is 9.66. The minimum atomic E-state index is 1.29. The quantitative estimate of drug-likeness (QED) is 0.362. The van der Waals surface area contributed by atoms with Gasteiger partial charge in [0.05, 0.1) is 0 Å². The second-order valence-electron chi connectivity index (χ2n) is 4.00. The van der Waals surface area contributed by atoms with E-state index >= 15 is 0 Å². The van der Waals surface area contributed by atoms with E-state index in [1.54, 1.807) is 5.57 Å². The van der Waals surface area contributed by atoms with E-state index < -0.39 is 0 Å². The smallest absolute Gasteiger partial charge is 0.0323 e. The lowest BCUT2D eigenvalue weighted by atomic mass is 10.1. The Morgan fingerprint density at radius 1 is 0.923 bits per heavy atom. The molecule has 0 saturated carbocycles. The van der Waals surface area contributed by atoms with Gasteiger partial charge in [0.2, 0.25) is 0 Å². The van der Waals surface area contributed by atoms with Crippen LogP contribution in [0.3, 0.4) is 0 Å². The van der Waals surface area contributed by atoms with E-state index in [0.29, 0.717) is 0 Å². The maximum Gasteiger partial charge on any atom is -0.0323 e. The first kappa shape index (κ1) is 12.7. The molecule has 0 aliphatic heterocycles. The highest BCUT2D eigenvalue weighted by Gasteiger charge is 1.90. The lowest BCUT2D eigenvalue weighted by Crippen LogP contribution is -1.80. The van der Waals surface area contributed by atoms with Crippen LogP contribution in [-0.2, 0) is 0 Å². The molecule has 0 aliphatic carbocycles. The van der Waals surface area contributed by atoms with Crippen LogP contribution in [0.4, 0.5) is 0 Å². The largest absolute Gasteiger partial charge is 0.0856 e. The lowest BCUT2D eigenvalue weighted by Gasteiger charge is -2.00. The van der Waals surface area contributed by atoms with Crippen molar-refractivity contribution >= 4 is 0 Å². The third-order valence-corrected chi connectivity index (χ3v) is 2.48.